The third kappa shape index (κ3) is 59.3. The second kappa shape index (κ2) is 61.1. The first-order valence-corrected chi connectivity index (χ1v) is 31.1. The lowest BCUT2D eigenvalue weighted by Crippen LogP contribution is -2.30. The van der Waals surface area contributed by atoms with Gasteiger partial charge in [-0.25, -0.2) is 0 Å². The van der Waals surface area contributed by atoms with Gasteiger partial charge >= 0.3 is 17.9 Å². The van der Waals surface area contributed by atoms with Crippen molar-refractivity contribution in [2.45, 2.75) is 309 Å². The minimum Gasteiger partial charge on any atom is -0.462 e. The average molecular weight is 1020 g/mol. The van der Waals surface area contributed by atoms with Crippen molar-refractivity contribution in [2.75, 3.05) is 13.2 Å². The third-order valence-electron chi connectivity index (χ3n) is 13.4. The maximum absolute atomic E-state index is 12.9. The molecule has 0 saturated heterocycles. The molecule has 73 heavy (non-hydrogen) atoms. The lowest BCUT2D eigenvalue weighted by molar-refractivity contribution is -0.167. The van der Waals surface area contributed by atoms with Crippen molar-refractivity contribution in [3.63, 3.8) is 0 Å². The van der Waals surface area contributed by atoms with Crippen LogP contribution in [0.5, 0.6) is 0 Å². The maximum atomic E-state index is 12.9. The highest BCUT2D eigenvalue weighted by molar-refractivity contribution is 5.71. The van der Waals surface area contributed by atoms with Crippen molar-refractivity contribution in [1.29, 1.82) is 0 Å². The lowest BCUT2D eigenvalue weighted by Gasteiger charge is -2.18. The van der Waals surface area contributed by atoms with E-state index in [9.17, 15) is 14.4 Å². The van der Waals surface area contributed by atoms with Gasteiger partial charge < -0.3 is 14.2 Å². The van der Waals surface area contributed by atoms with E-state index in [1.165, 1.54) is 154 Å². The summed E-state index contributed by atoms with van der Waals surface area (Å²) in [5.41, 5.74) is 0. The maximum Gasteiger partial charge on any atom is 0.306 e. The zero-order valence-corrected chi connectivity index (χ0v) is 48.1. The first kappa shape index (κ1) is 69.6. The summed E-state index contributed by atoms with van der Waals surface area (Å²) in [6, 6.07) is 0. The van der Waals surface area contributed by atoms with Gasteiger partial charge in [0.2, 0.25) is 0 Å². The van der Waals surface area contributed by atoms with Crippen LogP contribution in [0.2, 0.25) is 0 Å². The molecule has 0 bridgehead atoms. The molecule has 0 fully saturated rings. The highest BCUT2D eigenvalue weighted by Crippen LogP contribution is 2.16. The van der Waals surface area contributed by atoms with E-state index in [4.69, 9.17) is 14.2 Å². The van der Waals surface area contributed by atoms with E-state index in [1.54, 1.807) is 0 Å². The van der Waals surface area contributed by atoms with E-state index in [0.29, 0.717) is 19.3 Å². The Bertz CT molecular complexity index is 1400. The van der Waals surface area contributed by atoms with Crippen molar-refractivity contribution < 1.29 is 28.6 Å². The molecule has 0 heterocycles. The van der Waals surface area contributed by atoms with E-state index in [-0.39, 0.29) is 31.1 Å². The molecule has 6 nitrogen and oxygen atoms in total. The van der Waals surface area contributed by atoms with Crippen LogP contribution in [0.15, 0.2) is 85.1 Å². The second-order valence-electron chi connectivity index (χ2n) is 20.6. The van der Waals surface area contributed by atoms with E-state index in [1.807, 2.05) is 0 Å². The van der Waals surface area contributed by atoms with Gasteiger partial charge in [0.05, 0.1) is 0 Å². The van der Waals surface area contributed by atoms with Gasteiger partial charge in [-0.2, -0.15) is 0 Å². The molecule has 420 valence electrons. The second-order valence-corrected chi connectivity index (χ2v) is 20.6. The molecule has 0 aliphatic carbocycles. The standard InChI is InChI=1S/C67H116O6/c1-4-7-10-13-16-18-20-22-24-26-28-30-32-33-35-36-38-40-42-44-46-48-51-54-57-60-66(69)72-63-64(62-71-65(68)59-56-53-50-15-12-9-6-3)73-67(70)61-58-55-52-49-47-45-43-41-39-37-34-31-29-27-25-23-21-19-17-14-11-8-5-2/h7,10,16,18,22,24,27-30,33,35,38,40,64H,4-6,8-9,11-15,17,19-21,23,25-26,31-32,34,36-37,39,41-63H2,1-3H3/b10-7-,18-16-,24-22-,29-27-,30-28-,35-33-,40-38-. The Morgan fingerprint density at radius 3 is 0.849 bits per heavy atom. The molecule has 0 aromatic rings. The number of unbranched alkanes of at least 4 members (excludes halogenated alkanes) is 31. The minimum atomic E-state index is -0.781. The Morgan fingerprint density at radius 2 is 0.534 bits per heavy atom. The monoisotopic (exact) mass is 1020 g/mol. The van der Waals surface area contributed by atoms with Crippen LogP contribution in [0.25, 0.3) is 0 Å². The molecule has 0 aliphatic rings. The minimum absolute atomic E-state index is 0.0800. The zero-order chi connectivity index (χ0) is 52.9. The molecular weight excluding hydrogens is 901 g/mol. The topological polar surface area (TPSA) is 78.9 Å². The van der Waals surface area contributed by atoms with Crippen LogP contribution in [0, 0.1) is 0 Å². The highest BCUT2D eigenvalue weighted by atomic mass is 16.6. The van der Waals surface area contributed by atoms with E-state index in [2.05, 4.69) is 106 Å². The van der Waals surface area contributed by atoms with Gasteiger partial charge in [0.25, 0.3) is 0 Å². The quantitative estimate of drug-likeness (QED) is 0.0261. The van der Waals surface area contributed by atoms with Crippen LogP contribution >= 0.6 is 0 Å². The fourth-order valence-electron chi connectivity index (χ4n) is 8.74. The van der Waals surface area contributed by atoms with Crippen molar-refractivity contribution in [3.8, 4) is 0 Å². The zero-order valence-electron chi connectivity index (χ0n) is 48.1. The first-order chi connectivity index (χ1) is 36.0. The van der Waals surface area contributed by atoms with Gasteiger partial charge in [-0.05, 0) is 96.3 Å². The molecule has 6 heteroatoms. The van der Waals surface area contributed by atoms with Gasteiger partial charge in [0.1, 0.15) is 13.2 Å². The number of hydrogen-bond acceptors (Lipinski definition) is 6. The fourth-order valence-corrected chi connectivity index (χ4v) is 8.74. The van der Waals surface area contributed by atoms with Gasteiger partial charge in [-0.15, -0.1) is 0 Å². The molecule has 1 atom stereocenters. The highest BCUT2D eigenvalue weighted by Gasteiger charge is 2.19. The summed E-state index contributed by atoms with van der Waals surface area (Å²) < 4.78 is 16.8. The fraction of sp³-hybridized carbons (Fsp3) is 0.746. The number of allylic oxidation sites excluding steroid dienone is 14. The van der Waals surface area contributed by atoms with Crippen LogP contribution < -0.4 is 0 Å². The molecule has 0 aliphatic heterocycles. The van der Waals surface area contributed by atoms with Gasteiger partial charge in [-0.3, -0.25) is 14.4 Å². The number of rotatable bonds is 56. The Labute approximate surface area is 452 Å². The SMILES string of the molecule is CC/C=C\C/C=C\C/C=C\C/C=C\C/C=C\C/C=C\CCCCCCCCC(=O)OCC(COC(=O)CCCCCCCCC)OC(=O)CCCCCCCCCCCCC/C=C\CCCCCCCCCC. The van der Waals surface area contributed by atoms with Crippen LogP contribution in [0.1, 0.15) is 303 Å². The predicted molar refractivity (Wildman–Crippen MR) is 316 cm³/mol. The number of ether oxygens (including phenoxy) is 3. The summed E-state index contributed by atoms with van der Waals surface area (Å²) in [7, 11) is 0. The lowest BCUT2D eigenvalue weighted by atomic mass is 10.0. The molecule has 0 rings (SSSR count). The van der Waals surface area contributed by atoms with Gasteiger partial charge in [0, 0.05) is 19.3 Å². The molecule has 1 unspecified atom stereocenters. The van der Waals surface area contributed by atoms with E-state index in [0.717, 1.165) is 109 Å². The van der Waals surface area contributed by atoms with Crippen molar-refractivity contribution in [2.24, 2.45) is 0 Å². The molecule has 0 radical (unpaired) electrons. The van der Waals surface area contributed by atoms with Crippen LogP contribution in [-0.4, -0.2) is 37.2 Å². The molecule has 0 aromatic heterocycles. The Balaban J connectivity index is 4.19. The summed E-state index contributed by atoms with van der Waals surface area (Å²) in [4.78, 5) is 38.1. The summed E-state index contributed by atoms with van der Waals surface area (Å²) in [6.45, 7) is 6.49. The third-order valence-corrected chi connectivity index (χ3v) is 13.4. The normalized spacial score (nSPS) is 12.6. The van der Waals surface area contributed by atoms with Crippen LogP contribution in [-0.2, 0) is 28.6 Å². The molecule has 0 saturated carbocycles. The Morgan fingerprint density at radius 1 is 0.288 bits per heavy atom. The largest absolute Gasteiger partial charge is 0.462 e. The summed E-state index contributed by atoms with van der Waals surface area (Å²) in [5.74, 6) is -0.894. The molecule has 0 aromatic carbocycles. The number of carbonyl (C=O) groups is 3. The predicted octanol–water partition coefficient (Wildman–Crippen LogP) is 21.1. The summed E-state index contributed by atoms with van der Waals surface area (Å²) in [6.07, 6.45) is 80.4. The first-order valence-electron chi connectivity index (χ1n) is 31.1. The number of esters is 3. The Hall–Kier alpha value is -3.41. The van der Waals surface area contributed by atoms with Crippen molar-refractivity contribution >= 4 is 17.9 Å². The van der Waals surface area contributed by atoms with Crippen molar-refractivity contribution in [1.82, 2.24) is 0 Å². The number of carbonyl (C=O) groups excluding carboxylic acids is 3. The smallest absolute Gasteiger partial charge is 0.306 e. The number of hydrogen-bond donors (Lipinski definition) is 0. The van der Waals surface area contributed by atoms with E-state index >= 15 is 0 Å². The molecular formula is C67H116O6. The average Bonchev–Trinajstić information content (AvgIpc) is 3.39. The van der Waals surface area contributed by atoms with Gasteiger partial charge in [0.15, 0.2) is 6.10 Å². The van der Waals surface area contributed by atoms with Crippen molar-refractivity contribution in [3.05, 3.63) is 85.1 Å². The molecule has 0 N–H and O–H groups in total. The Kier molecular flexibility index (Phi) is 58.3. The van der Waals surface area contributed by atoms with Crippen LogP contribution in [0.4, 0.5) is 0 Å². The van der Waals surface area contributed by atoms with Crippen LogP contribution in [0.3, 0.4) is 0 Å². The van der Waals surface area contributed by atoms with E-state index < -0.39 is 6.10 Å². The summed E-state index contributed by atoms with van der Waals surface area (Å²) in [5, 5.41) is 0. The summed E-state index contributed by atoms with van der Waals surface area (Å²) >= 11 is 0. The van der Waals surface area contributed by atoms with Gasteiger partial charge in [-0.1, -0.05) is 273 Å². The molecule has 0 spiro atoms. The molecule has 0 amide bonds.